The van der Waals surface area contributed by atoms with Crippen molar-refractivity contribution in [3.63, 3.8) is 0 Å². The molecule has 1 atom stereocenters. The molecule has 1 N–H and O–H groups in total. The molecule has 21 heavy (non-hydrogen) atoms. The number of hydrazone groups is 1. The van der Waals surface area contributed by atoms with Crippen LogP contribution < -0.4 is 4.74 Å². The Bertz CT molecular complexity index is 560. The summed E-state index contributed by atoms with van der Waals surface area (Å²) in [6.07, 6.45) is -3.47. The largest absolute Gasteiger partial charge is 0.494 e. The highest BCUT2D eigenvalue weighted by Gasteiger charge is 2.51. The van der Waals surface area contributed by atoms with E-state index in [4.69, 9.17) is 4.74 Å². The first kappa shape index (κ1) is 15.4. The second-order valence-corrected chi connectivity index (χ2v) is 4.77. The van der Waals surface area contributed by atoms with Gasteiger partial charge in [-0.2, -0.15) is 10.1 Å². The number of carbonyl (C=O) groups excluding carboxylic acids is 1. The number of ether oxygens (including phenoxy) is 1. The van der Waals surface area contributed by atoms with Crippen LogP contribution in [-0.4, -0.2) is 40.5 Å². The molecule has 1 aromatic rings. The number of hydrogen-bond donors (Lipinski definition) is 1. The van der Waals surface area contributed by atoms with Crippen molar-refractivity contribution in [2.24, 2.45) is 5.10 Å². The lowest BCUT2D eigenvalue weighted by Gasteiger charge is -2.30. The average Bonchev–Trinajstić information content (AvgIpc) is 2.76. The molecule has 7 heteroatoms. The molecule has 1 aromatic carbocycles. The number of benzene rings is 1. The molecule has 1 aliphatic rings. The molecule has 1 amide bonds. The molecular formula is C14H16F2N2O3. The summed E-state index contributed by atoms with van der Waals surface area (Å²) in [7, 11) is 0. The smallest absolute Gasteiger partial charge is 0.287 e. The van der Waals surface area contributed by atoms with E-state index >= 15 is 0 Å². The lowest BCUT2D eigenvalue weighted by molar-refractivity contribution is -0.164. The number of carbonyl (C=O) groups is 1. The average molecular weight is 298 g/mol. The molecule has 0 aliphatic carbocycles. The summed E-state index contributed by atoms with van der Waals surface area (Å²) in [6, 6.07) is 6.01. The van der Waals surface area contributed by atoms with Gasteiger partial charge in [0.15, 0.2) is 0 Å². The summed E-state index contributed by atoms with van der Waals surface area (Å²) < 4.78 is 31.3. The van der Waals surface area contributed by atoms with Crippen molar-refractivity contribution in [1.82, 2.24) is 5.01 Å². The van der Waals surface area contributed by atoms with E-state index in [1.165, 1.54) is 19.1 Å². The third-order valence-electron chi connectivity index (χ3n) is 3.11. The molecule has 0 bridgehead atoms. The van der Waals surface area contributed by atoms with Crippen molar-refractivity contribution in [2.75, 3.05) is 6.61 Å². The summed E-state index contributed by atoms with van der Waals surface area (Å²) in [5, 5.41) is 14.2. The zero-order chi connectivity index (χ0) is 15.6. The standard InChI is InChI=1S/C14H16F2N2O3/c1-3-21-11-6-4-10(5-7-11)12(19)18-14(20,13(15)16)8-9(2)17-18/h4-7,13,20H,3,8H2,1-2H3/t14-/m1/s1. The number of nitrogens with zero attached hydrogens (tertiary/aromatic N) is 2. The fraction of sp³-hybridized carbons (Fsp3) is 0.429. The van der Waals surface area contributed by atoms with Gasteiger partial charge in [-0.05, 0) is 38.1 Å². The van der Waals surface area contributed by atoms with E-state index < -0.39 is 18.1 Å². The van der Waals surface area contributed by atoms with Gasteiger partial charge in [0.25, 0.3) is 12.3 Å². The summed E-state index contributed by atoms with van der Waals surface area (Å²) in [6.45, 7) is 3.79. The molecule has 0 aromatic heterocycles. The van der Waals surface area contributed by atoms with Crippen LogP contribution in [0.15, 0.2) is 29.4 Å². The maximum Gasteiger partial charge on any atom is 0.287 e. The Balaban J connectivity index is 2.26. The molecule has 0 radical (unpaired) electrons. The quantitative estimate of drug-likeness (QED) is 0.927. The van der Waals surface area contributed by atoms with Crippen LogP contribution in [0.4, 0.5) is 8.78 Å². The Morgan fingerprint density at radius 3 is 2.62 bits per heavy atom. The molecule has 114 valence electrons. The van der Waals surface area contributed by atoms with Gasteiger partial charge in [0.2, 0.25) is 5.72 Å². The first-order valence-corrected chi connectivity index (χ1v) is 6.50. The van der Waals surface area contributed by atoms with Gasteiger partial charge in [0, 0.05) is 17.7 Å². The lowest BCUT2D eigenvalue weighted by atomic mass is 10.1. The van der Waals surface area contributed by atoms with Gasteiger partial charge in [-0.1, -0.05) is 0 Å². The van der Waals surface area contributed by atoms with Gasteiger partial charge in [0.1, 0.15) is 5.75 Å². The molecule has 1 heterocycles. The van der Waals surface area contributed by atoms with Gasteiger partial charge < -0.3 is 9.84 Å². The van der Waals surface area contributed by atoms with E-state index in [0.29, 0.717) is 17.4 Å². The van der Waals surface area contributed by atoms with Crippen LogP contribution in [0, 0.1) is 0 Å². The van der Waals surface area contributed by atoms with Gasteiger partial charge in [0.05, 0.1) is 6.61 Å². The van der Waals surface area contributed by atoms with Crippen molar-refractivity contribution in [3.8, 4) is 5.75 Å². The van der Waals surface area contributed by atoms with E-state index in [1.54, 1.807) is 12.1 Å². The molecule has 0 saturated carbocycles. The van der Waals surface area contributed by atoms with Crippen LogP contribution in [-0.2, 0) is 0 Å². The normalized spacial score (nSPS) is 21.6. The van der Waals surface area contributed by atoms with Crippen molar-refractivity contribution in [3.05, 3.63) is 29.8 Å². The van der Waals surface area contributed by atoms with Crippen molar-refractivity contribution >= 4 is 11.6 Å². The van der Waals surface area contributed by atoms with Crippen molar-refractivity contribution in [1.29, 1.82) is 0 Å². The van der Waals surface area contributed by atoms with E-state index in [1.807, 2.05) is 6.92 Å². The summed E-state index contributed by atoms with van der Waals surface area (Å²) in [5.74, 6) is -0.211. The molecule has 0 fully saturated rings. The number of alkyl halides is 2. The second kappa shape index (κ2) is 5.77. The highest BCUT2D eigenvalue weighted by atomic mass is 19.3. The predicted octanol–water partition coefficient (Wildman–Crippen LogP) is 2.26. The third-order valence-corrected chi connectivity index (χ3v) is 3.11. The summed E-state index contributed by atoms with van der Waals surface area (Å²) >= 11 is 0. The Labute approximate surface area is 120 Å². The van der Waals surface area contributed by atoms with E-state index in [9.17, 15) is 18.7 Å². The monoisotopic (exact) mass is 298 g/mol. The highest BCUT2D eigenvalue weighted by Crippen LogP contribution is 2.32. The van der Waals surface area contributed by atoms with Crippen LogP contribution in [0.3, 0.4) is 0 Å². The minimum absolute atomic E-state index is 0.149. The highest BCUT2D eigenvalue weighted by molar-refractivity contribution is 5.97. The van der Waals surface area contributed by atoms with E-state index in [2.05, 4.69) is 5.10 Å². The Morgan fingerprint density at radius 1 is 1.48 bits per heavy atom. The Kier molecular flexibility index (Phi) is 4.22. The number of amides is 1. The van der Waals surface area contributed by atoms with Gasteiger partial charge >= 0.3 is 0 Å². The van der Waals surface area contributed by atoms with Gasteiger partial charge in [-0.25, -0.2) is 8.78 Å². The molecule has 0 unspecified atom stereocenters. The predicted molar refractivity (Wildman–Crippen MR) is 72.5 cm³/mol. The fourth-order valence-corrected chi connectivity index (χ4v) is 2.12. The number of rotatable bonds is 4. The van der Waals surface area contributed by atoms with Crippen LogP contribution in [0.1, 0.15) is 30.6 Å². The molecule has 1 aliphatic heterocycles. The minimum Gasteiger partial charge on any atom is -0.494 e. The summed E-state index contributed by atoms with van der Waals surface area (Å²) in [5.41, 5.74) is -2.16. The zero-order valence-corrected chi connectivity index (χ0v) is 11.7. The first-order chi connectivity index (χ1) is 9.88. The molecule has 0 saturated heterocycles. The molecule has 2 rings (SSSR count). The SMILES string of the molecule is CCOc1ccc(C(=O)N2N=C(C)C[C@@]2(O)C(F)F)cc1. The lowest BCUT2D eigenvalue weighted by Crippen LogP contribution is -2.51. The van der Waals surface area contributed by atoms with E-state index in [0.717, 1.165) is 0 Å². The van der Waals surface area contributed by atoms with Crippen LogP contribution in [0.2, 0.25) is 0 Å². The molecule has 5 nitrogen and oxygen atoms in total. The van der Waals surface area contributed by atoms with E-state index in [-0.39, 0.29) is 17.7 Å². The van der Waals surface area contributed by atoms with Gasteiger partial charge in [-0.15, -0.1) is 0 Å². The van der Waals surface area contributed by atoms with Crippen LogP contribution >= 0.6 is 0 Å². The number of halogens is 2. The Morgan fingerprint density at radius 2 is 2.10 bits per heavy atom. The first-order valence-electron chi connectivity index (χ1n) is 6.50. The number of hydrogen-bond acceptors (Lipinski definition) is 4. The molecule has 0 spiro atoms. The number of aliphatic hydroxyl groups is 1. The maximum absolute atomic E-state index is 13.1. The second-order valence-electron chi connectivity index (χ2n) is 4.77. The fourth-order valence-electron chi connectivity index (χ4n) is 2.12. The maximum atomic E-state index is 13.1. The van der Waals surface area contributed by atoms with Crippen molar-refractivity contribution < 1.29 is 23.4 Å². The molecular weight excluding hydrogens is 282 g/mol. The van der Waals surface area contributed by atoms with Crippen LogP contribution in [0.5, 0.6) is 5.75 Å². The Hall–Kier alpha value is -2.02. The minimum atomic E-state index is -3.11. The third kappa shape index (κ3) is 2.87. The summed E-state index contributed by atoms with van der Waals surface area (Å²) in [4.78, 5) is 12.3. The van der Waals surface area contributed by atoms with Crippen molar-refractivity contribution in [2.45, 2.75) is 32.4 Å². The topological polar surface area (TPSA) is 62.1 Å². The van der Waals surface area contributed by atoms with Crippen LogP contribution in [0.25, 0.3) is 0 Å². The van der Waals surface area contributed by atoms with Gasteiger partial charge in [-0.3, -0.25) is 4.79 Å². The zero-order valence-electron chi connectivity index (χ0n) is 11.7.